The molecule has 0 bridgehead atoms. The fraction of sp³-hybridized carbons (Fsp3) is 0. The number of nitrogens with one attached hydrogen (secondary N) is 1. The van der Waals surface area contributed by atoms with Gasteiger partial charge in [0.1, 0.15) is 10.8 Å². The number of rotatable bonds is 4. The van der Waals surface area contributed by atoms with Crippen molar-refractivity contribution in [2.24, 2.45) is 5.73 Å². The van der Waals surface area contributed by atoms with Gasteiger partial charge in [0.05, 0.1) is 4.90 Å². The molecule has 2 aromatic rings. The number of sulfonamides is 1. The first-order valence-electron chi connectivity index (χ1n) is 5.57. The molecule has 0 aliphatic carbocycles. The summed E-state index contributed by atoms with van der Waals surface area (Å²) < 4.78 is 39.6. The second-order valence-corrected chi connectivity index (χ2v) is 6.13. The van der Waals surface area contributed by atoms with Gasteiger partial charge in [-0.05, 0) is 30.3 Å². The van der Waals surface area contributed by atoms with E-state index < -0.39 is 15.8 Å². The third-order valence-corrected chi connectivity index (χ3v) is 4.12. The lowest BCUT2D eigenvalue weighted by atomic mass is 10.2. The van der Waals surface area contributed by atoms with E-state index in [1.54, 1.807) is 18.2 Å². The fourth-order valence-corrected chi connectivity index (χ4v) is 2.79. The van der Waals surface area contributed by atoms with Gasteiger partial charge >= 0.3 is 0 Å². The first-order valence-corrected chi connectivity index (χ1v) is 7.46. The molecule has 0 aliphatic rings. The molecule has 2 rings (SSSR count). The lowest BCUT2D eigenvalue weighted by Crippen LogP contribution is -2.14. The van der Waals surface area contributed by atoms with Crippen LogP contribution in [0.1, 0.15) is 5.56 Å². The summed E-state index contributed by atoms with van der Waals surface area (Å²) >= 11 is 4.82. The van der Waals surface area contributed by atoms with Crippen LogP contribution in [-0.2, 0) is 10.0 Å². The molecule has 3 N–H and O–H groups in total. The summed E-state index contributed by atoms with van der Waals surface area (Å²) in [6.07, 6.45) is 0. The molecular weight excluding hydrogens is 299 g/mol. The minimum absolute atomic E-state index is 0.154. The number of halogens is 1. The molecule has 20 heavy (non-hydrogen) atoms. The quantitative estimate of drug-likeness (QED) is 0.850. The van der Waals surface area contributed by atoms with Crippen LogP contribution in [0.2, 0.25) is 0 Å². The van der Waals surface area contributed by atoms with E-state index in [0.717, 1.165) is 6.07 Å². The molecule has 0 fully saturated rings. The Bertz CT molecular complexity index is 760. The molecule has 0 radical (unpaired) electrons. The van der Waals surface area contributed by atoms with Gasteiger partial charge in [-0.15, -0.1) is 0 Å². The van der Waals surface area contributed by atoms with E-state index in [4.69, 9.17) is 18.0 Å². The van der Waals surface area contributed by atoms with Gasteiger partial charge in [0, 0.05) is 11.3 Å². The van der Waals surface area contributed by atoms with Crippen LogP contribution in [0, 0.1) is 5.82 Å². The fourth-order valence-electron chi connectivity index (χ4n) is 1.58. The van der Waals surface area contributed by atoms with E-state index >= 15 is 0 Å². The summed E-state index contributed by atoms with van der Waals surface area (Å²) in [7, 11) is -3.85. The second kappa shape index (κ2) is 5.56. The summed E-state index contributed by atoms with van der Waals surface area (Å²) in [5, 5.41) is 0. The van der Waals surface area contributed by atoms with Crippen molar-refractivity contribution in [1.82, 2.24) is 0 Å². The Morgan fingerprint density at radius 2 is 1.85 bits per heavy atom. The molecule has 4 nitrogen and oxygen atoms in total. The molecule has 0 aliphatic heterocycles. The summed E-state index contributed by atoms with van der Waals surface area (Å²) in [6, 6.07) is 11.1. The van der Waals surface area contributed by atoms with Gasteiger partial charge in [-0.2, -0.15) is 0 Å². The Morgan fingerprint density at radius 3 is 2.50 bits per heavy atom. The lowest BCUT2D eigenvalue weighted by molar-refractivity contribution is 0.595. The molecule has 0 saturated heterocycles. The third-order valence-electron chi connectivity index (χ3n) is 2.51. The number of thiocarbonyl (C=S) groups is 1. The molecule has 2 aromatic carbocycles. The van der Waals surface area contributed by atoms with E-state index in [1.807, 2.05) is 0 Å². The second-order valence-electron chi connectivity index (χ2n) is 4.01. The zero-order valence-corrected chi connectivity index (χ0v) is 11.8. The summed E-state index contributed by atoms with van der Waals surface area (Å²) in [6.45, 7) is 0. The average molecular weight is 310 g/mol. The lowest BCUT2D eigenvalue weighted by Gasteiger charge is -2.09. The van der Waals surface area contributed by atoms with Crippen molar-refractivity contribution < 1.29 is 12.8 Å². The standard InChI is InChI=1S/C13H11FN2O2S2/c14-10-4-2-6-12(8-10)20(17,18)16-11-5-1-3-9(7-11)13(15)19/h1-8,16H,(H2,15,19). The van der Waals surface area contributed by atoms with Crippen LogP contribution in [0.4, 0.5) is 10.1 Å². The SMILES string of the molecule is NC(=S)c1cccc(NS(=O)(=O)c2cccc(F)c2)c1. The van der Waals surface area contributed by atoms with E-state index in [1.165, 1.54) is 24.3 Å². The van der Waals surface area contributed by atoms with Crippen LogP contribution < -0.4 is 10.5 Å². The summed E-state index contributed by atoms with van der Waals surface area (Å²) in [5.74, 6) is -0.621. The van der Waals surface area contributed by atoms with Crippen LogP contribution in [0.3, 0.4) is 0 Å². The molecule has 0 atom stereocenters. The van der Waals surface area contributed by atoms with E-state index in [9.17, 15) is 12.8 Å². The molecular formula is C13H11FN2O2S2. The highest BCUT2D eigenvalue weighted by molar-refractivity contribution is 7.92. The van der Waals surface area contributed by atoms with Gasteiger partial charge in [0.15, 0.2) is 0 Å². The van der Waals surface area contributed by atoms with Crippen molar-refractivity contribution >= 4 is 32.9 Å². The smallest absolute Gasteiger partial charge is 0.261 e. The van der Waals surface area contributed by atoms with Crippen molar-refractivity contribution in [1.29, 1.82) is 0 Å². The van der Waals surface area contributed by atoms with Crippen molar-refractivity contribution in [3.8, 4) is 0 Å². The van der Waals surface area contributed by atoms with Crippen LogP contribution in [0.15, 0.2) is 53.4 Å². The molecule has 0 spiro atoms. The van der Waals surface area contributed by atoms with Gasteiger partial charge in [-0.1, -0.05) is 30.4 Å². The minimum Gasteiger partial charge on any atom is -0.389 e. The van der Waals surface area contributed by atoms with Crippen LogP contribution in [-0.4, -0.2) is 13.4 Å². The van der Waals surface area contributed by atoms with Crippen LogP contribution >= 0.6 is 12.2 Å². The Morgan fingerprint density at radius 1 is 1.15 bits per heavy atom. The van der Waals surface area contributed by atoms with Crippen LogP contribution in [0.5, 0.6) is 0 Å². The van der Waals surface area contributed by atoms with E-state index in [0.29, 0.717) is 11.3 Å². The van der Waals surface area contributed by atoms with E-state index in [-0.39, 0.29) is 9.88 Å². The normalized spacial score (nSPS) is 11.1. The Labute approximate surface area is 121 Å². The highest BCUT2D eigenvalue weighted by atomic mass is 32.2. The Balaban J connectivity index is 2.33. The zero-order chi connectivity index (χ0) is 14.8. The van der Waals surface area contributed by atoms with Gasteiger partial charge in [-0.3, -0.25) is 4.72 Å². The van der Waals surface area contributed by atoms with E-state index in [2.05, 4.69) is 4.72 Å². The van der Waals surface area contributed by atoms with Crippen molar-refractivity contribution in [3.63, 3.8) is 0 Å². The monoisotopic (exact) mass is 310 g/mol. The number of anilines is 1. The van der Waals surface area contributed by atoms with Gasteiger partial charge in [0.25, 0.3) is 10.0 Å². The summed E-state index contributed by atoms with van der Waals surface area (Å²) in [4.78, 5) is 0.00929. The number of benzene rings is 2. The van der Waals surface area contributed by atoms with Gasteiger partial charge in [-0.25, -0.2) is 12.8 Å². The van der Waals surface area contributed by atoms with Crippen molar-refractivity contribution in [2.75, 3.05) is 4.72 Å². The average Bonchev–Trinajstić information content (AvgIpc) is 2.38. The van der Waals surface area contributed by atoms with Crippen LogP contribution in [0.25, 0.3) is 0 Å². The third kappa shape index (κ3) is 3.31. The first-order chi connectivity index (χ1) is 9.38. The molecule has 7 heteroatoms. The largest absolute Gasteiger partial charge is 0.389 e. The molecule has 104 valence electrons. The molecule has 0 saturated carbocycles. The number of hydrogen-bond acceptors (Lipinski definition) is 3. The predicted molar refractivity (Wildman–Crippen MR) is 79.5 cm³/mol. The number of nitrogens with two attached hydrogens (primary N) is 1. The van der Waals surface area contributed by atoms with Gasteiger partial charge < -0.3 is 5.73 Å². The van der Waals surface area contributed by atoms with Crippen molar-refractivity contribution in [3.05, 3.63) is 59.9 Å². The highest BCUT2D eigenvalue weighted by Crippen LogP contribution is 2.17. The molecule has 0 aromatic heterocycles. The topological polar surface area (TPSA) is 72.2 Å². The first kappa shape index (κ1) is 14.4. The molecule has 0 unspecified atom stereocenters. The van der Waals surface area contributed by atoms with Crippen molar-refractivity contribution in [2.45, 2.75) is 4.90 Å². The predicted octanol–water partition coefficient (Wildman–Crippen LogP) is 2.26. The molecule has 0 amide bonds. The number of hydrogen-bond donors (Lipinski definition) is 2. The minimum atomic E-state index is -3.85. The maximum absolute atomic E-state index is 13.1. The Hall–Kier alpha value is -1.99. The summed E-state index contributed by atoms with van der Waals surface area (Å²) in [5.41, 5.74) is 6.33. The maximum atomic E-state index is 13.1. The van der Waals surface area contributed by atoms with Gasteiger partial charge in [0.2, 0.25) is 0 Å². The Kier molecular flexibility index (Phi) is 4.01. The zero-order valence-electron chi connectivity index (χ0n) is 10.2. The maximum Gasteiger partial charge on any atom is 0.261 e. The highest BCUT2D eigenvalue weighted by Gasteiger charge is 2.15. The molecule has 0 heterocycles.